The van der Waals surface area contributed by atoms with Crippen molar-refractivity contribution in [2.24, 2.45) is 0 Å². The van der Waals surface area contributed by atoms with Crippen molar-refractivity contribution in [3.05, 3.63) is 82.3 Å². The molecule has 2 aliphatic rings. The third-order valence-corrected chi connectivity index (χ3v) is 7.89. The summed E-state index contributed by atoms with van der Waals surface area (Å²) >= 11 is 5.86. The Labute approximate surface area is 241 Å². The van der Waals surface area contributed by atoms with Crippen LogP contribution in [0, 0.1) is 5.82 Å². The summed E-state index contributed by atoms with van der Waals surface area (Å²) in [7, 11) is 0. The van der Waals surface area contributed by atoms with Gasteiger partial charge >= 0.3 is 0 Å². The van der Waals surface area contributed by atoms with Crippen LogP contribution in [0.25, 0.3) is 11.0 Å². The number of quaternary nitrogens is 1. The molecular formula is C29H32ClFN6O4. The van der Waals surface area contributed by atoms with Crippen molar-refractivity contribution in [2.75, 3.05) is 19.7 Å². The summed E-state index contributed by atoms with van der Waals surface area (Å²) in [5.74, 6) is -0.169. The maximum absolute atomic E-state index is 14.2. The third-order valence-electron chi connectivity index (χ3n) is 7.65. The van der Waals surface area contributed by atoms with Gasteiger partial charge in [-0.25, -0.2) is 14.4 Å². The Bertz CT molecular complexity index is 1540. The Morgan fingerprint density at radius 3 is 2.61 bits per heavy atom. The number of carbonyl (C=O) groups is 1. The minimum absolute atomic E-state index is 0. The number of imidazole rings is 1. The number of aromatic carboxylic acids is 1. The molecule has 0 spiro atoms. The second-order valence-electron chi connectivity index (χ2n) is 10.2. The van der Waals surface area contributed by atoms with E-state index in [1.54, 1.807) is 36.7 Å². The smallest absolute Gasteiger partial charge is 0.236 e. The van der Waals surface area contributed by atoms with Crippen LogP contribution in [0.15, 0.2) is 48.8 Å². The molecule has 2 aromatic heterocycles. The summed E-state index contributed by atoms with van der Waals surface area (Å²) in [6.07, 6.45) is 6.01. The number of carbonyl (C=O) groups excluding carboxylic acids is 1. The highest BCUT2D eigenvalue weighted by molar-refractivity contribution is 6.30. The number of likely N-dealkylation sites (tertiary alicyclic amines) is 1. The van der Waals surface area contributed by atoms with Crippen molar-refractivity contribution < 1.29 is 23.8 Å². The average molecular weight is 583 g/mol. The number of hydrogen-bond donors (Lipinski definition) is 1. The molecule has 0 saturated carbocycles. The zero-order chi connectivity index (χ0) is 27.6. The average Bonchev–Trinajstić information content (AvgIpc) is 3.26. The highest BCUT2D eigenvalue weighted by Gasteiger charge is 2.27. The first-order valence-electron chi connectivity index (χ1n) is 13.4. The van der Waals surface area contributed by atoms with Gasteiger partial charge in [-0.3, -0.25) is 9.88 Å². The number of hydrogen-bond acceptors (Lipinski definition) is 8. The van der Waals surface area contributed by atoms with Crippen LogP contribution in [0.2, 0.25) is 5.02 Å². The quantitative estimate of drug-likeness (QED) is 0.311. The van der Waals surface area contributed by atoms with Crippen molar-refractivity contribution in [1.82, 2.24) is 30.6 Å². The molecular weight excluding hydrogens is 551 g/mol. The van der Waals surface area contributed by atoms with Crippen LogP contribution >= 0.6 is 11.6 Å². The lowest BCUT2D eigenvalue weighted by molar-refractivity contribution is -0.255. The molecule has 0 amide bonds. The second kappa shape index (κ2) is 12.5. The molecule has 1 atom stereocenters. The number of ether oxygens (including phenoxy) is 2. The van der Waals surface area contributed by atoms with E-state index in [-0.39, 0.29) is 30.3 Å². The third kappa shape index (κ3) is 6.33. The van der Waals surface area contributed by atoms with Crippen molar-refractivity contribution in [2.45, 2.75) is 51.0 Å². The van der Waals surface area contributed by atoms with Crippen molar-refractivity contribution in [3.63, 3.8) is 0 Å². The van der Waals surface area contributed by atoms with Gasteiger partial charge in [-0.1, -0.05) is 23.7 Å². The van der Waals surface area contributed by atoms with Crippen molar-refractivity contribution in [1.29, 1.82) is 0 Å². The van der Waals surface area contributed by atoms with Gasteiger partial charge in [-0.15, -0.1) is 0 Å². The maximum atomic E-state index is 14.2. The van der Waals surface area contributed by atoms with Crippen molar-refractivity contribution in [3.8, 4) is 5.88 Å². The molecule has 12 heteroatoms. The molecule has 2 fully saturated rings. The molecule has 2 saturated heterocycles. The standard InChI is InChI=1S/C29H29ClFN5O4.H3N/c30-21-3-1-20(23(31)14-21)17-40-28-27(32-8-9-33-28)18-5-10-35(11-6-18)16-26-34-24-4-2-19(29(37)38)13-25(24)36(26)15-22-7-12-39-22;/h1-4,8-9,13-14,18,22H,5-7,10-12,15-17H2,(H,37,38);1H3/t22-;/m0./s1. The zero-order valence-corrected chi connectivity index (χ0v) is 23.5. The number of halogens is 2. The van der Waals surface area contributed by atoms with Crippen LogP contribution in [-0.2, 0) is 24.4 Å². The van der Waals surface area contributed by atoms with E-state index in [1.807, 2.05) is 0 Å². The van der Waals surface area contributed by atoms with Gasteiger partial charge in [0.15, 0.2) is 0 Å². The Morgan fingerprint density at radius 1 is 1.12 bits per heavy atom. The van der Waals surface area contributed by atoms with Gasteiger partial charge in [0.05, 0.1) is 36.2 Å². The van der Waals surface area contributed by atoms with E-state index < -0.39 is 11.8 Å². The van der Waals surface area contributed by atoms with E-state index in [0.29, 0.717) is 29.6 Å². The zero-order valence-electron chi connectivity index (χ0n) is 22.8. The first-order chi connectivity index (χ1) is 19.4. The Kier molecular flexibility index (Phi) is 8.79. The first kappa shape index (κ1) is 28.9. The molecule has 4 heterocycles. The Balaban J connectivity index is 0.00000337. The van der Waals surface area contributed by atoms with Crippen LogP contribution in [0.1, 0.15) is 52.6 Å². The number of benzene rings is 2. The molecule has 0 unspecified atom stereocenters. The second-order valence-corrected chi connectivity index (χ2v) is 10.7. The SMILES string of the molecule is O=C([O-])c1ccc2nc(CN3CCC(c4nccnc4OCc4ccc(Cl)cc4F)CC3)n(C[C@@H]3CCO3)c2c1.[NH4+]. The molecule has 2 aliphatic heterocycles. The normalized spacial score (nSPS) is 17.7. The molecule has 216 valence electrons. The lowest BCUT2D eigenvalue weighted by Crippen LogP contribution is -2.35. The lowest BCUT2D eigenvalue weighted by atomic mass is 9.93. The monoisotopic (exact) mass is 582 g/mol. The van der Waals surface area contributed by atoms with E-state index in [1.165, 1.54) is 12.1 Å². The highest BCUT2D eigenvalue weighted by atomic mass is 35.5. The molecule has 0 radical (unpaired) electrons. The molecule has 0 bridgehead atoms. The first-order valence-corrected chi connectivity index (χ1v) is 13.7. The van der Waals surface area contributed by atoms with E-state index in [0.717, 1.165) is 61.5 Å². The maximum Gasteiger partial charge on any atom is 0.236 e. The number of rotatable bonds is 9. The number of aromatic nitrogens is 4. The van der Waals surface area contributed by atoms with Gasteiger partial charge in [0.1, 0.15) is 23.9 Å². The van der Waals surface area contributed by atoms with E-state index in [9.17, 15) is 14.3 Å². The predicted octanol–water partition coefficient (Wildman–Crippen LogP) is 4.11. The summed E-state index contributed by atoms with van der Waals surface area (Å²) in [4.78, 5) is 27.6. The van der Waals surface area contributed by atoms with E-state index in [4.69, 9.17) is 26.1 Å². The van der Waals surface area contributed by atoms with Crippen LogP contribution < -0.4 is 16.0 Å². The highest BCUT2D eigenvalue weighted by Crippen LogP contribution is 2.33. The molecule has 0 aliphatic carbocycles. The van der Waals surface area contributed by atoms with Gasteiger partial charge in [-0.05, 0) is 62.2 Å². The van der Waals surface area contributed by atoms with Crippen LogP contribution in [0.5, 0.6) is 5.88 Å². The van der Waals surface area contributed by atoms with Gasteiger partial charge < -0.3 is 30.1 Å². The summed E-state index contributed by atoms with van der Waals surface area (Å²) < 4.78 is 27.9. The van der Waals surface area contributed by atoms with E-state index >= 15 is 0 Å². The molecule has 4 aromatic rings. The van der Waals surface area contributed by atoms with Crippen LogP contribution in [0.3, 0.4) is 0 Å². The molecule has 2 aromatic carbocycles. The number of piperidine rings is 1. The molecule has 4 N–H and O–H groups in total. The van der Waals surface area contributed by atoms with Gasteiger partial charge in [0.2, 0.25) is 5.88 Å². The minimum Gasteiger partial charge on any atom is -0.545 e. The van der Waals surface area contributed by atoms with E-state index in [2.05, 4.69) is 19.4 Å². The minimum atomic E-state index is -1.20. The fourth-order valence-corrected chi connectivity index (χ4v) is 5.49. The molecule has 41 heavy (non-hydrogen) atoms. The number of nitrogens with zero attached hydrogens (tertiary/aromatic N) is 5. The number of carboxylic acids is 1. The fourth-order valence-electron chi connectivity index (χ4n) is 5.33. The largest absolute Gasteiger partial charge is 0.545 e. The number of fused-ring (bicyclic) bond motifs is 1. The molecule has 6 rings (SSSR count). The van der Waals surface area contributed by atoms with Gasteiger partial charge in [-0.2, -0.15) is 0 Å². The summed E-state index contributed by atoms with van der Waals surface area (Å²) in [5, 5.41) is 11.8. The fraction of sp³-hybridized carbons (Fsp3) is 0.379. The van der Waals surface area contributed by atoms with Crippen LogP contribution in [0.4, 0.5) is 4.39 Å². The molecule has 10 nitrogen and oxygen atoms in total. The van der Waals surface area contributed by atoms with Crippen molar-refractivity contribution >= 4 is 28.6 Å². The summed E-state index contributed by atoms with van der Waals surface area (Å²) in [5.41, 5.74) is 2.85. The topological polar surface area (TPSA) is 142 Å². The number of carboxylic acid groups (broad SMARTS) is 1. The lowest BCUT2D eigenvalue weighted by Gasteiger charge is -2.32. The van der Waals surface area contributed by atoms with Gasteiger partial charge in [0.25, 0.3) is 0 Å². The van der Waals surface area contributed by atoms with Gasteiger partial charge in [0, 0.05) is 35.5 Å². The summed E-state index contributed by atoms with van der Waals surface area (Å²) in [6, 6.07) is 9.41. The van der Waals surface area contributed by atoms with Crippen LogP contribution in [-0.4, -0.2) is 56.2 Å². The predicted molar refractivity (Wildman–Crippen MR) is 149 cm³/mol. The summed E-state index contributed by atoms with van der Waals surface area (Å²) in [6.45, 7) is 3.68. The Hall–Kier alpha value is -3.64. The Morgan fingerprint density at radius 2 is 1.90 bits per heavy atom.